The third kappa shape index (κ3) is 2.49. The Labute approximate surface area is 101 Å². The van der Waals surface area contributed by atoms with Crippen molar-refractivity contribution in [2.45, 2.75) is 40.3 Å². The van der Waals surface area contributed by atoms with Gasteiger partial charge >= 0.3 is 0 Å². The van der Waals surface area contributed by atoms with Crippen LogP contribution in [0.15, 0.2) is 16.9 Å². The lowest BCUT2D eigenvalue weighted by Gasteiger charge is -2.03. The van der Waals surface area contributed by atoms with Crippen molar-refractivity contribution in [2.75, 3.05) is 5.32 Å². The van der Waals surface area contributed by atoms with Gasteiger partial charge in [-0.2, -0.15) is 5.10 Å². The smallest absolute Gasteiger partial charge is 0.138 e. The summed E-state index contributed by atoms with van der Waals surface area (Å²) in [5.41, 5.74) is 3.20. The van der Waals surface area contributed by atoms with Crippen LogP contribution in [0.5, 0.6) is 0 Å². The Hall–Kier alpha value is -1.78. The van der Waals surface area contributed by atoms with Gasteiger partial charge in [-0.1, -0.05) is 12.1 Å². The van der Waals surface area contributed by atoms with Gasteiger partial charge in [0.15, 0.2) is 0 Å². The minimum atomic E-state index is 0.730. The van der Waals surface area contributed by atoms with Gasteiger partial charge in [-0.3, -0.25) is 4.68 Å². The van der Waals surface area contributed by atoms with Crippen molar-refractivity contribution in [3.05, 3.63) is 29.4 Å². The molecule has 0 spiro atoms. The van der Waals surface area contributed by atoms with Gasteiger partial charge in [-0.05, 0) is 20.3 Å². The Morgan fingerprint density at radius 3 is 2.88 bits per heavy atom. The van der Waals surface area contributed by atoms with Crippen molar-refractivity contribution in [3.8, 4) is 0 Å². The van der Waals surface area contributed by atoms with Crippen LogP contribution in [0, 0.1) is 6.92 Å². The van der Waals surface area contributed by atoms with Crippen molar-refractivity contribution in [3.63, 3.8) is 0 Å². The van der Waals surface area contributed by atoms with Gasteiger partial charge in [0.25, 0.3) is 0 Å². The number of hydrogen-bond donors (Lipinski definition) is 1. The van der Waals surface area contributed by atoms with Crippen molar-refractivity contribution in [1.29, 1.82) is 0 Å². The summed E-state index contributed by atoms with van der Waals surface area (Å²) in [5, 5.41) is 11.6. The molecule has 0 amide bonds. The van der Waals surface area contributed by atoms with Crippen LogP contribution >= 0.6 is 0 Å². The van der Waals surface area contributed by atoms with Crippen molar-refractivity contribution in [2.24, 2.45) is 0 Å². The molecular weight excluding hydrogens is 216 g/mol. The zero-order valence-electron chi connectivity index (χ0n) is 10.5. The zero-order valence-corrected chi connectivity index (χ0v) is 10.5. The van der Waals surface area contributed by atoms with E-state index in [1.165, 1.54) is 0 Å². The third-order valence-corrected chi connectivity index (χ3v) is 2.83. The summed E-state index contributed by atoms with van der Waals surface area (Å²) in [6, 6.07) is 0. The summed E-state index contributed by atoms with van der Waals surface area (Å²) in [6.45, 7) is 7.70. The van der Waals surface area contributed by atoms with E-state index >= 15 is 0 Å². The Morgan fingerprint density at radius 2 is 2.24 bits per heavy atom. The van der Waals surface area contributed by atoms with E-state index in [0.717, 1.165) is 42.2 Å². The number of aryl methyl sites for hydroxylation is 3. The van der Waals surface area contributed by atoms with Crippen LogP contribution in [0.2, 0.25) is 0 Å². The van der Waals surface area contributed by atoms with Gasteiger partial charge in [0, 0.05) is 24.8 Å². The molecule has 5 nitrogen and oxygen atoms in total. The van der Waals surface area contributed by atoms with Gasteiger partial charge in [0.1, 0.15) is 5.76 Å². The summed E-state index contributed by atoms with van der Waals surface area (Å²) in [7, 11) is 0. The third-order valence-electron chi connectivity index (χ3n) is 2.83. The van der Waals surface area contributed by atoms with E-state index in [0.29, 0.717) is 0 Å². The molecule has 92 valence electrons. The largest absolute Gasteiger partial charge is 0.378 e. The van der Waals surface area contributed by atoms with E-state index in [2.05, 4.69) is 29.4 Å². The van der Waals surface area contributed by atoms with Crippen LogP contribution in [0.3, 0.4) is 0 Å². The summed E-state index contributed by atoms with van der Waals surface area (Å²) in [4.78, 5) is 0. The predicted molar refractivity (Wildman–Crippen MR) is 65.8 cm³/mol. The van der Waals surface area contributed by atoms with Gasteiger partial charge < -0.3 is 9.84 Å². The van der Waals surface area contributed by atoms with Gasteiger partial charge in [-0.25, -0.2) is 0 Å². The number of nitrogens with one attached hydrogen (secondary N) is 1. The highest BCUT2D eigenvalue weighted by Crippen LogP contribution is 2.16. The second kappa shape index (κ2) is 5.03. The number of nitrogens with zero attached hydrogens (tertiary/aromatic N) is 3. The molecule has 1 N–H and O–H groups in total. The predicted octanol–water partition coefficient (Wildman–Crippen LogP) is 2.37. The molecule has 2 heterocycles. The maximum Gasteiger partial charge on any atom is 0.138 e. The van der Waals surface area contributed by atoms with E-state index < -0.39 is 0 Å². The lowest BCUT2D eigenvalue weighted by molar-refractivity contribution is 0.390. The molecule has 0 radical (unpaired) electrons. The molecule has 5 heteroatoms. The summed E-state index contributed by atoms with van der Waals surface area (Å²) in [5.74, 6) is 0.886. The van der Waals surface area contributed by atoms with E-state index in [-0.39, 0.29) is 0 Å². The first-order chi connectivity index (χ1) is 8.24. The summed E-state index contributed by atoms with van der Waals surface area (Å²) in [6.07, 6.45) is 4.72. The van der Waals surface area contributed by atoms with Crippen LogP contribution < -0.4 is 5.32 Å². The Balaban J connectivity index is 2.04. The molecule has 0 bridgehead atoms. The molecule has 0 atom stereocenters. The maximum atomic E-state index is 5.19. The second-order valence-electron chi connectivity index (χ2n) is 3.96. The van der Waals surface area contributed by atoms with E-state index in [1.54, 1.807) is 0 Å². The molecule has 0 unspecified atom stereocenters. The molecule has 0 saturated carbocycles. The Bertz CT molecular complexity index is 486. The zero-order chi connectivity index (χ0) is 12.3. The topological polar surface area (TPSA) is 55.9 Å². The fourth-order valence-corrected chi connectivity index (χ4v) is 1.76. The van der Waals surface area contributed by atoms with Gasteiger partial charge in [0.2, 0.25) is 0 Å². The molecular formula is C12H18N4O. The molecule has 0 aliphatic carbocycles. The molecule has 2 aromatic heterocycles. The number of anilines is 1. The minimum Gasteiger partial charge on any atom is -0.378 e. The van der Waals surface area contributed by atoms with Crippen LogP contribution in [-0.2, 0) is 19.5 Å². The highest BCUT2D eigenvalue weighted by atomic mass is 16.5. The summed E-state index contributed by atoms with van der Waals surface area (Å²) < 4.78 is 7.08. The first-order valence-corrected chi connectivity index (χ1v) is 5.95. The molecule has 0 aliphatic rings. The average Bonchev–Trinajstić information content (AvgIpc) is 2.93. The van der Waals surface area contributed by atoms with Crippen LogP contribution in [0.25, 0.3) is 0 Å². The number of hydrogen-bond acceptors (Lipinski definition) is 4. The molecule has 0 saturated heterocycles. The van der Waals surface area contributed by atoms with Crippen molar-refractivity contribution < 1.29 is 4.52 Å². The van der Waals surface area contributed by atoms with Crippen molar-refractivity contribution >= 4 is 5.69 Å². The number of rotatable bonds is 5. The molecule has 0 aromatic carbocycles. The normalized spacial score (nSPS) is 10.8. The molecule has 2 rings (SSSR count). The fraction of sp³-hybridized carbons (Fsp3) is 0.500. The Kier molecular flexibility index (Phi) is 3.46. The number of aromatic nitrogens is 3. The van der Waals surface area contributed by atoms with Crippen LogP contribution in [-0.4, -0.2) is 14.9 Å². The Morgan fingerprint density at radius 1 is 1.41 bits per heavy atom. The second-order valence-corrected chi connectivity index (χ2v) is 3.96. The highest BCUT2D eigenvalue weighted by molar-refractivity contribution is 5.40. The quantitative estimate of drug-likeness (QED) is 0.863. The maximum absolute atomic E-state index is 5.19. The molecule has 0 fully saturated rings. The van der Waals surface area contributed by atoms with E-state index in [1.807, 2.05) is 24.0 Å². The van der Waals surface area contributed by atoms with Crippen LogP contribution in [0.1, 0.15) is 30.9 Å². The fourth-order valence-electron chi connectivity index (χ4n) is 1.76. The highest BCUT2D eigenvalue weighted by Gasteiger charge is 2.10. The minimum absolute atomic E-state index is 0.730. The van der Waals surface area contributed by atoms with Crippen molar-refractivity contribution in [1.82, 2.24) is 14.9 Å². The lowest BCUT2D eigenvalue weighted by Crippen LogP contribution is -2.02. The molecule has 0 aliphatic heterocycles. The standard InChI is InChI=1S/C12H18N4O/c1-4-12-11(9(3)17-15-12)7-13-10-6-14-16(5-2)8-10/h6,8,13H,4-5,7H2,1-3H3. The SMILES string of the molecule is CCc1noc(C)c1CNc1cnn(CC)c1. The van der Waals surface area contributed by atoms with E-state index in [9.17, 15) is 0 Å². The van der Waals surface area contributed by atoms with Gasteiger partial charge in [0.05, 0.1) is 17.6 Å². The molecule has 2 aromatic rings. The summed E-state index contributed by atoms with van der Waals surface area (Å²) >= 11 is 0. The van der Waals surface area contributed by atoms with E-state index in [4.69, 9.17) is 4.52 Å². The first-order valence-electron chi connectivity index (χ1n) is 5.95. The lowest BCUT2D eigenvalue weighted by atomic mass is 10.1. The monoisotopic (exact) mass is 234 g/mol. The first kappa shape index (κ1) is 11.7. The average molecular weight is 234 g/mol. The van der Waals surface area contributed by atoms with Crippen LogP contribution in [0.4, 0.5) is 5.69 Å². The molecule has 17 heavy (non-hydrogen) atoms. The van der Waals surface area contributed by atoms with Gasteiger partial charge in [-0.15, -0.1) is 0 Å².